The van der Waals surface area contributed by atoms with E-state index in [1.54, 1.807) is 29.4 Å². The number of nitrogens with two attached hydrogens (primary N) is 1. The van der Waals surface area contributed by atoms with Crippen LogP contribution in [0.25, 0.3) is 22.0 Å². The monoisotopic (exact) mass is 405 g/mol. The molecule has 1 aliphatic heterocycles. The molecule has 1 saturated heterocycles. The molecule has 1 aromatic carbocycles. The van der Waals surface area contributed by atoms with Crippen LogP contribution in [0.1, 0.15) is 16.1 Å². The molecule has 3 heterocycles. The molecule has 0 aliphatic carbocycles. The first-order valence-corrected chi connectivity index (χ1v) is 8.94. The number of hydrogen-bond donors (Lipinski definition) is 2. The average molecular weight is 405 g/mol. The number of aromatic nitrogens is 3. The fraction of sp³-hybridized carbons (Fsp3) is 0.316. The second-order valence-corrected chi connectivity index (χ2v) is 6.89. The van der Waals surface area contributed by atoms with E-state index < -0.39 is 18.2 Å². The highest BCUT2D eigenvalue weighted by Gasteiger charge is 2.43. The van der Waals surface area contributed by atoms with Crippen molar-refractivity contribution in [2.45, 2.75) is 18.8 Å². The Balaban J connectivity index is 1.66. The number of pyridine rings is 1. The number of hydrogen-bond acceptors (Lipinski definition) is 5. The van der Waals surface area contributed by atoms with Crippen molar-refractivity contribution >= 4 is 16.8 Å². The number of H-pyrrole nitrogens is 1. The van der Waals surface area contributed by atoms with E-state index in [1.807, 2.05) is 12.1 Å². The summed E-state index contributed by atoms with van der Waals surface area (Å²) in [6.07, 6.45) is -2.86. The molecule has 10 heteroatoms. The summed E-state index contributed by atoms with van der Waals surface area (Å²) in [5, 5.41) is 7.44. The molecule has 3 N–H and O–H groups in total. The van der Waals surface area contributed by atoms with E-state index in [1.165, 1.54) is 0 Å². The molecule has 0 spiro atoms. The summed E-state index contributed by atoms with van der Waals surface area (Å²) >= 11 is 0. The molecular formula is C19H18F3N5O2. The number of benzene rings is 1. The van der Waals surface area contributed by atoms with E-state index in [0.717, 1.165) is 22.1 Å². The Morgan fingerprint density at radius 1 is 1.34 bits per heavy atom. The van der Waals surface area contributed by atoms with Crippen LogP contribution in [-0.4, -0.2) is 58.0 Å². The highest BCUT2D eigenvalue weighted by Crippen LogP contribution is 2.30. The smallest absolute Gasteiger partial charge is 0.366 e. The Hall–Kier alpha value is -2.98. The summed E-state index contributed by atoms with van der Waals surface area (Å²) in [5.74, 6) is -0.664. The molecule has 1 fully saturated rings. The number of alkyl halides is 3. The number of nitrogens with zero attached hydrogens (tertiary/aromatic N) is 3. The lowest BCUT2D eigenvalue weighted by Crippen LogP contribution is -2.48. The Bertz CT molecular complexity index is 1040. The quantitative estimate of drug-likeness (QED) is 0.695. The molecule has 2 aromatic heterocycles. The van der Waals surface area contributed by atoms with Crippen LogP contribution in [0.5, 0.6) is 0 Å². The van der Waals surface area contributed by atoms with E-state index in [2.05, 4.69) is 15.2 Å². The van der Waals surface area contributed by atoms with Crippen LogP contribution in [-0.2, 0) is 11.3 Å². The van der Waals surface area contributed by atoms with E-state index in [0.29, 0.717) is 18.6 Å². The molecule has 152 valence electrons. The zero-order chi connectivity index (χ0) is 20.6. The fourth-order valence-electron chi connectivity index (χ4n) is 3.44. The minimum atomic E-state index is -4.39. The fourth-order valence-corrected chi connectivity index (χ4v) is 3.44. The molecule has 0 bridgehead atoms. The van der Waals surface area contributed by atoms with Crippen LogP contribution in [0.4, 0.5) is 13.2 Å². The van der Waals surface area contributed by atoms with Gasteiger partial charge in [0.2, 0.25) is 0 Å². The number of morpholine rings is 1. The van der Waals surface area contributed by atoms with Gasteiger partial charge in [-0.2, -0.15) is 18.3 Å². The van der Waals surface area contributed by atoms with Gasteiger partial charge in [0.1, 0.15) is 5.69 Å². The van der Waals surface area contributed by atoms with Crippen molar-refractivity contribution in [3.8, 4) is 11.1 Å². The van der Waals surface area contributed by atoms with Gasteiger partial charge in [0.25, 0.3) is 5.91 Å². The number of amides is 1. The molecule has 3 aromatic rings. The molecule has 29 heavy (non-hydrogen) atoms. The van der Waals surface area contributed by atoms with Gasteiger partial charge in [-0.25, -0.2) is 4.98 Å². The van der Waals surface area contributed by atoms with Gasteiger partial charge < -0.3 is 10.5 Å². The average Bonchev–Trinajstić information content (AvgIpc) is 3.21. The third-order valence-electron chi connectivity index (χ3n) is 4.86. The molecule has 0 radical (unpaired) electrons. The largest absolute Gasteiger partial charge is 0.415 e. The number of aromatic amines is 1. The van der Waals surface area contributed by atoms with Crippen molar-refractivity contribution in [2.75, 3.05) is 19.7 Å². The number of primary amides is 1. The second-order valence-electron chi connectivity index (χ2n) is 6.89. The van der Waals surface area contributed by atoms with Gasteiger partial charge in [0.05, 0.1) is 18.3 Å². The lowest BCUT2D eigenvalue weighted by Gasteiger charge is -2.33. The summed E-state index contributed by atoms with van der Waals surface area (Å²) in [4.78, 5) is 17.7. The summed E-state index contributed by atoms with van der Waals surface area (Å²) < 4.78 is 43.7. The molecule has 1 amide bonds. The predicted octanol–water partition coefficient (Wildman–Crippen LogP) is 2.49. The van der Waals surface area contributed by atoms with Gasteiger partial charge in [-0.15, -0.1) is 0 Å². The Morgan fingerprint density at radius 3 is 2.86 bits per heavy atom. The molecule has 1 aliphatic rings. The number of carbonyl (C=O) groups is 1. The summed E-state index contributed by atoms with van der Waals surface area (Å²) in [5.41, 5.74) is 8.36. The maximum Gasteiger partial charge on any atom is 0.415 e. The van der Waals surface area contributed by atoms with Gasteiger partial charge in [0, 0.05) is 36.8 Å². The van der Waals surface area contributed by atoms with E-state index in [4.69, 9.17) is 10.5 Å². The van der Waals surface area contributed by atoms with Crippen molar-refractivity contribution in [2.24, 2.45) is 5.73 Å². The van der Waals surface area contributed by atoms with Crippen LogP contribution in [0, 0.1) is 0 Å². The summed E-state index contributed by atoms with van der Waals surface area (Å²) in [6.45, 7) is 0.512. The van der Waals surface area contributed by atoms with Crippen molar-refractivity contribution < 1.29 is 22.7 Å². The Labute approximate surface area is 163 Å². The van der Waals surface area contributed by atoms with Crippen molar-refractivity contribution in [3.63, 3.8) is 0 Å². The van der Waals surface area contributed by atoms with Crippen LogP contribution in [0.15, 0.2) is 36.7 Å². The van der Waals surface area contributed by atoms with Gasteiger partial charge >= 0.3 is 6.18 Å². The van der Waals surface area contributed by atoms with E-state index in [9.17, 15) is 18.0 Å². The van der Waals surface area contributed by atoms with Crippen molar-refractivity contribution in [3.05, 3.63) is 47.9 Å². The van der Waals surface area contributed by atoms with Crippen LogP contribution < -0.4 is 5.73 Å². The van der Waals surface area contributed by atoms with Crippen LogP contribution >= 0.6 is 0 Å². The third kappa shape index (κ3) is 4.08. The molecule has 1 unspecified atom stereocenters. The number of nitrogens with one attached hydrogen (secondary N) is 1. The number of carbonyl (C=O) groups excluding carboxylic acids is 1. The SMILES string of the molecule is NC(=O)c1cc(-c2cn[nH]c2)c2ccc(CN3CCOC(C(F)(F)F)C3)cc2n1. The minimum absolute atomic E-state index is 0.0203. The highest BCUT2D eigenvalue weighted by atomic mass is 19.4. The summed E-state index contributed by atoms with van der Waals surface area (Å²) in [6, 6.07) is 7.05. The first-order chi connectivity index (χ1) is 13.8. The van der Waals surface area contributed by atoms with Crippen molar-refractivity contribution in [1.82, 2.24) is 20.1 Å². The minimum Gasteiger partial charge on any atom is -0.366 e. The topological polar surface area (TPSA) is 97.1 Å². The van der Waals surface area contributed by atoms with Crippen molar-refractivity contribution in [1.29, 1.82) is 0 Å². The molecule has 7 nitrogen and oxygen atoms in total. The second kappa shape index (κ2) is 7.45. The molecule has 1 atom stereocenters. The first kappa shape index (κ1) is 19.3. The molecule has 4 rings (SSSR count). The van der Waals surface area contributed by atoms with E-state index >= 15 is 0 Å². The standard InChI is InChI=1S/C19H18F3N5O2/c20-19(21,22)17-10-27(3-4-29-17)9-11-1-2-13-14(12-7-24-25-8-12)6-16(18(23)28)26-15(13)5-11/h1-2,5-8,17H,3-4,9-10H2,(H2,23,28)(H,24,25). The highest BCUT2D eigenvalue weighted by molar-refractivity contribution is 6.00. The zero-order valence-corrected chi connectivity index (χ0v) is 15.2. The van der Waals surface area contributed by atoms with Gasteiger partial charge in [-0.05, 0) is 23.3 Å². The molecular weight excluding hydrogens is 387 g/mol. The van der Waals surface area contributed by atoms with E-state index in [-0.39, 0.29) is 18.8 Å². The summed E-state index contributed by atoms with van der Waals surface area (Å²) in [7, 11) is 0. The van der Waals surface area contributed by atoms with Gasteiger partial charge in [0.15, 0.2) is 6.10 Å². The first-order valence-electron chi connectivity index (χ1n) is 8.94. The number of ether oxygens (including phenoxy) is 1. The van der Waals surface area contributed by atoms with Crippen LogP contribution in [0.3, 0.4) is 0 Å². The Kier molecular flexibility index (Phi) is 4.97. The maximum atomic E-state index is 12.9. The number of halogens is 3. The Morgan fingerprint density at radius 2 is 2.17 bits per heavy atom. The lowest BCUT2D eigenvalue weighted by atomic mass is 10.0. The third-order valence-corrected chi connectivity index (χ3v) is 4.86. The van der Waals surface area contributed by atoms with Gasteiger partial charge in [-0.1, -0.05) is 12.1 Å². The molecule has 0 saturated carbocycles. The van der Waals surface area contributed by atoms with Gasteiger partial charge in [-0.3, -0.25) is 14.8 Å². The number of rotatable bonds is 4. The maximum absolute atomic E-state index is 12.9. The predicted molar refractivity (Wildman–Crippen MR) is 98.9 cm³/mol. The lowest BCUT2D eigenvalue weighted by molar-refractivity contribution is -0.237. The zero-order valence-electron chi connectivity index (χ0n) is 15.2. The van der Waals surface area contributed by atoms with Crippen LogP contribution in [0.2, 0.25) is 0 Å². The normalized spacial score (nSPS) is 18.2. The number of fused-ring (bicyclic) bond motifs is 1.